The van der Waals surface area contributed by atoms with Crippen molar-refractivity contribution in [3.63, 3.8) is 0 Å². The Labute approximate surface area is 129 Å². The molecule has 1 aromatic carbocycles. The Morgan fingerprint density at radius 3 is 2.62 bits per heavy atom. The summed E-state index contributed by atoms with van der Waals surface area (Å²) in [5, 5.41) is 4.10. The summed E-state index contributed by atoms with van der Waals surface area (Å²) in [5.74, 6) is 0. The van der Waals surface area contributed by atoms with Crippen LogP contribution in [0.15, 0.2) is 47.4 Å². The molecule has 112 valence electrons. The maximum atomic E-state index is 11.7. The van der Waals surface area contributed by atoms with Gasteiger partial charge in [-0.3, -0.25) is 4.79 Å². The largest absolute Gasteiger partial charge is 0.383 e. The number of aromatic nitrogens is 1. The maximum Gasteiger partial charge on any atom is 0.250 e. The Bertz CT molecular complexity index is 637. The van der Waals surface area contributed by atoms with E-state index in [0.717, 1.165) is 16.3 Å². The lowest BCUT2D eigenvalue weighted by Crippen LogP contribution is -2.21. The monoisotopic (exact) mass is 306 g/mol. The summed E-state index contributed by atoms with van der Waals surface area (Å²) in [6, 6.07) is 11.2. The molecule has 0 aliphatic heterocycles. The van der Waals surface area contributed by atoms with Crippen molar-refractivity contribution in [1.29, 1.82) is 0 Å². The zero-order valence-electron chi connectivity index (χ0n) is 12.2. The molecule has 0 fully saturated rings. The average molecular weight is 307 g/mol. The van der Waals surface area contributed by atoms with Gasteiger partial charge in [0, 0.05) is 37.0 Å². The number of halogens is 1. The van der Waals surface area contributed by atoms with Crippen LogP contribution in [0.1, 0.15) is 18.5 Å². The zero-order chi connectivity index (χ0) is 15.2. The molecule has 21 heavy (non-hydrogen) atoms. The maximum absolute atomic E-state index is 11.7. The highest BCUT2D eigenvalue weighted by Crippen LogP contribution is 2.20. The minimum atomic E-state index is -0.0308. The van der Waals surface area contributed by atoms with Crippen LogP contribution in [0.4, 0.5) is 5.69 Å². The average Bonchev–Trinajstić information content (AvgIpc) is 2.48. The van der Waals surface area contributed by atoms with Gasteiger partial charge < -0.3 is 14.6 Å². The molecule has 0 bridgehead atoms. The van der Waals surface area contributed by atoms with Crippen molar-refractivity contribution >= 4 is 17.3 Å². The second-order valence-corrected chi connectivity index (χ2v) is 5.30. The van der Waals surface area contributed by atoms with Gasteiger partial charge in [-0.25, -0.2) is 0 Å². The highest BCUT2D eigenvalue weighted by molar-refractivity contribution is 6.30. The number of nitrogens with one attached hydrogen (secondary N) is 1. The molecular weight excluding hydrogens is 288 g/mol. The van der Waals surface area contributed by atoms with Crippen LogP contribution in [0.25, 0.3) is 0 Å². The normalized spacial score (nSPS) is 12.1. The fraction of sp³-hybridized carbons (Fsp3) is 0.312. The second-order valence-electron chi connectivity index (χ2n) is 4.86. The highest BCUT2D eigenvalue weighted by atomic mass is 35.5. The quantitative estimate of drug-likeness (QED) is 0.890. The number of nitrogens with zero attached hydrogens (tertiary/aromatic N) is 1. The topological polar surface area (TPSA) is 43.3 Å². The molecule has 0 aliphatic rings. The van der Waals surface area contributed by atoms with E-state index in [2.05, 4.69) is 12.2 Å². The van der Waals surface area contributed by atoms with Crippen LogP contribution in [0.2, 0.25) is 5.02 Å². The predicted octanol–water partition coefficient (Wildman–Crippen LogP) is 3.32. The second kappa shape index (κ2) is 7.29. The number of anilines is 1. The summed E-state index contributed by atoms with van der Waals surface area (Å²) in [6.07, 6.45) is 1.81. The third-order valence-corrected chi connectivity index (χ3v) is 3.52. The number of hydrogen-bond acceptors (Lipinski definition) is 3. The van der Waals surface area contributed by atoms with E-state index >= 15 is 0 Å². The SMILES string of the molecule is COCCn1cc(NC(C)c2ccc(Cl)cc2)ccc1=O. The van der Waals surface area contributed by atoms with Gasteiger partial charge in [0.05, 0.1) is 12.3 Å². The molecule has 4 nitrogen and oxygen atoms in total. The lowest BCUT2D eigenvalue weighted by molar-refractivity contribution is 0.186. The predicted molar refractivity (Wildman–Crippen MR) is 86.1 cm³/mol. The van der Waals surface area contributed by atoms with E-state index in [9.17, 15) is 4.79 Å². The zero-order valence-corrected chi connectivity index (χ0v) is 12.9. The van der Waals surface area contributed by atoms with Crippen LogP contribution in [-0.4, -0.2) is 18.3 Å². The highest BCUT2D eigenvalue weighted by Gasteiger charge is 2.06. The molecule has 1 N–H and O–H groups in total. The Balaban J connectivity index is 2.11. The van der Waals surface area contributed by atoms with Crippen molar-refractivity contribution in [2.75, 3.05) is 19.0 Å². The van der Waals surface area contributed by atoms with Gasteiger partial charge in [0.1, 0.15) is 0 Å². The van der Waals surface area contributed by atoms with E-state index in [1.54, 1.807) is 23.8 Å². The summed E-state index contributed by atoms with van der Waals surface area (Å²) < 4.78 is 6.65. The molecule has 0 saturated carbocycles. The number of pyridine rings is 1. The van der Waals surface area contributed by atoms with Crippen molar-refractivity contribution in [3.05, 3.63) is 63.5 Å². The molecule has 1 atom stereocenters. The first-order valence-electron chi connectivity index (χ1n) is 6.81. The van der Waals surface area contributed by atoms with E-state index in [0.29, 0.717) is 13.2 Å². The summed E-state index contributed by atoms with van der Waals surface area (Å²) in [6.45, 7) is 3.12. The lowest BCUT2D eigenvalue weighted by Gasteiger charge is -2.17. The Morgan fingerprint density at radius 1 is 1.24 bits per heavy atom. The first-order chi connectivity index (χ1) is 10.1. The number of ether oxygens (including phenoxy) is 1. The number of methoxy groups -OCH3 is 1. The molecule has 2 aromatic rings. The molecule has 0 saturated heterocycles. The van der Waals surface area contributed by atoms with Gasteiger partial charge in [-0.05, 0) is 30.7 Å². The smallest absolute Gasteiger partial charge is 0.250 e. The van der Waals surface area contributed by atoms with Gasteiger partial charge in [0.25, 0.3) is 5.56 Å². The number of hydrogen-bond donors (Lipinski definition) is 1. The number of benzene rings is 1. The third kappa shape index (κ3) is 4.34. The van der Waals surface area contributed by atoms with E-state index < -0.39 is 0 Å². The molecule has 1 unspecified atom stereocenters. The van der Waals surface area contributed by atoms with E-state index in [-0.39, 0.29) is 11.6 Å². The molecule has 0 aliphatic carbocycles. The van der Waals surface area contributed by atoms with Crippen LogP contribution in [0, 0.1) is 0 Å². The van der Waals surface area contributed by atoms with E-state index in [1.807, 2.05) is 30.5 Å². The fourth-order valence-corrected chi connectivity index (χ4v) is 2.19. The van der Waals surface area contributed by atoms with E-state index in [1.165, 1.54) is 0 Å². The van der Waals surface area contributed by atoms with Crippen molar-refractivity contribution in [2.45, 2.75) is 19.5 Å². The molecule has 0 radical (unpaired) electrons. The van der Waals surface area contributed by atoms with Gasteiger partial charge in [-0.1, -0.05) is 23.7 Å². The van der Waals surface area contributed by atoms with Crippen molar-refractivity contribution in [3.8, 4) is 0 Å². The van der Waals surface area contributed by atoms with E-state index in [4.69, 9.17) is 16.3 Å². The lowest BCUT2D eigenvalue weighted by atomic mass is 10.1. The van der Waals surface area contributed by atoms with Gasteiger partial charge in [-0.15, -0.1) is 0 Å². The molecule has 2 rings (SSSR count). The van der Waals surface area contributed by atoms with Crippen LogP contribution in [-0.2, 0) is 11.3 Å². The first kappa shape index (κ1) is 15.6. The van der Waals surface area contributed by atoms with Crippen molar-refractivity contribution < 1.29 is 4.74 Å². The fourth-order valence-electron chi connectivity index (χ4n) is 2.07. The Hall–Kier alpha value is -1.78. The minimum absolute atomic E-state index is 0.0308. The van der Waals surface area contributed by atoms with Crippen molar-refractivity contribution in [1.82, 2.24) is 4.57 Å². The molecule has 0 amide bonds. The van der Waals surface area contributed by atoms with Gasteiger partial charge in [0.15, 0.2) is 0 Å². The summed E-state index contributed by atoms with van der Waals surface area (Å²) in [5.41, 5.74) is 2.00. The molecule has 5 heteroatoms. The van der Waals surface area contributed by atoms with Gasteiger partial charge in [0.2, 0.25) is 0 Å². The van der Waals surface area contributed by atoms with Crippen LogP contribution >= 0.6 is 11.6 Å². The summed E-state index contributed by atoms with van der Waals surface area (Å²) in [7, 11) is 1.62. The first-order valence-corrected chi connectivity index (χ1v) is 7.19. The molecule has 1 heterocycles. The van der Waals surface area contributed by atoms with Gasteiger partial charge in [-0.2, -0.15) is 0 Å². The summed E-state index contributed by atoms with van der Waals surface area (Å²) >= 11 is 5.89. The Morgan fingerprint density at radius 2 is 1.95 bits per heavy atom. The molecular formula is C16H19ClN2O2. The van der Waals surface area contributed by atoms with Crippen LogP contribution < -0.4 is 10.9 Å². The standard InChI is InChI=1S/C16H19ClN2O2/c1-12(13-3-5-14(17)6-4-13)18-15-7-8-16(20)19(11-15)9-10-21-2/h3-8,11-12,18H,9-10H2,1-2H3. The van der Waals surface area contributed by atoms with Crippen molar-refractivity contribution in [2.24, 2.45) is 0 Å². The number of rotatable bonds is 6. The summed E-state index contributed by atoms with van der Waals surface area (Å²) in [4.78, 5) is 11.7. The van der Waals surface area contributed by atoms with Crippen LogP contribution in [0.5, 0.6) is 0 Å². The molecule has 0 spiro atoms. The third-order valence-electron chi connectivity index (χ3n) is 3.27. The van der Waals surface area contributed by atoms with Crippen LogP contribution in [0.3, 0.4) is 0 Å². The minimum Gasteiger partial charge on any atom is -0.383 e. The van der Waals surface area contributed by atoms with Gasteiger partial charge >= 0.3 is 0 Å². The Kier molecular flexibility index (Phi) is 5.42. The molecule has 1 aromatic heterocycles.